The molecule has 0 saturated carbocycles. The van der Waals surface area contributed by atoms with Crippen LogP contribution in [0.25, 0.3) is 0 Å². The second-order valence-electron chi connectivity index (χ2n) is 4.49. The summed E-state index contributed by atoms with van der Waals surface area (Å²) in [6.45, 7) is 2.04. The summed E-state index contributed by atoms with van der Waals surface area (Å²) in [5.74, 6) is 5.66. The molecular formula is C12H19ClN6. The van der Waals surface area contributed by atoms with Crippen molar-refractivity contribution in [3.8, 4) is 0 Å². The highest BCUT2D eigenvalue weighted by atomic mass is 35.5. The lowest BCUT2D eigenvalue weighted by Crippen LogP contribution is -2.31. The minimum Gasteiger partial charge on any atom is -0.271 e. The van der Waals surface area contributed by atoms with Gasteiger partial charge in [-0.05, 0) is 12.5 Å². The van der Waals surface area contributed by atoms with Crippen LogP contribution in [0.1, 0.15) is 30.0 Å². The monoisotopic (exact) mass is 282 g/mol. The van der Waals surface area contributed by atoms with Gasteiger partial charge >= 0.3 is 0 Å². The van der Waals surface area contributed by atoms with E-state index in [0.717, 1.165) is 28.5 Å². The van der Waals surface area contributed by atoms with Crippen molar-refractivity contribution in [1.82, 2.24) is 25.0 Å². The number of hydrazine groups is 1. The average Bonchev–Trinajstić information content (AvgIpc) is 2.93. The minimum absolute atomic E-state index is 0.0508. The molecule has 104 valence electrons. The van der Waals surface area contributed by atoms with Gasteiger partial charge in [0.05, 0.1) is 28.1 Å². The highest BCUT2D eigenvalue weighted by molar-refractivity contribution is 6.31. The Hall–Kier alpha value is -1.37. The Balaban J connectivity index is 2.29. The van der Waals surface area contributed by atoms with Crippen molar-refractivity contribution in [1.29, 1.82) is 0 Å². The van der Waals surface area contributed by atoms with Crippen LogP contribution in [-0.2, 0) is 26.9 Å². The highest BCUT2D eigenvalue weighted by Crippen LogP contribution is 2.25. The summed E-state index contributed by atoms with van der Waals surface area (Å²) in [4.78, 5) is 0. The lowest BCUT2D eigenvalue weighted by molar-refractivity contribution is 0.493. The van der Waals surface area contributed by atoms with E-state index in [0.29, 0.717) is 6.42 Å². The number of aromatic nitrogens is 4. The van der Waals surface area contributed by atoms with Gasteiger partial charge in [0.25, 0.3) is 0 Å². The number of nitrogens with zero attached hydrogens (tertiary/aromatic N) is 4. The summed E-state index contributed by atoms with van der Waals surface area (Å²) in [5.41, 5.74) is 5.72. The SMILES string of the molecule is CCc1nn(C)c(CC(NN)c2ccnn2C)c1Cl. The second kappa shape index (κ2) is 5.73. The Bertz CT molecular complexity index is 559. The molecule has 7 heteroatoms. The fourth-order valence-corrected chi connectivity index (χ4v) is 2.58. The third-order valence-electron chi connectivity index (χ3n) is 3.32. The number of hydrogen-bond acceptors (Lipinski definition) is 4. The topological polar surface area (TPSA) is 73.7 Å². The fraction of sp³-hybridized carbons (Fsp3) is 0.500. The number of nitrogens with one attached hydrogen (secondary N) is 1. The maximum Gasteiger partial charge on any atom is 0.0850 e. The number of aryl methyl sites for hydroxylation is 3. The largest absolute Gasteiger partial charge is 0.271 e. The first-order valence-electron chi connectivity index (χ1n) is 6.22. The van der Waals surface area contributed by atoms with E-state index in [9.17, 15) is 0 Å². The number of halogens is 1. The molecule has 0 aliphatic heterocycles. The number of rotatable bonds is 5. The van der Waals surface area contributed by atoms with Crippen molar-refractivity contribution in [2.45, 2.75) is 25.8 Å². The first kappa shape index (κ1) is 14.0. The maximum atomic E-state index is 6.36. The van der Waals surface area contributed by atoms with Gasteiger partial charge in [-0.3, -0.25) is 20.6 Å². The molecule has 1 unspecified atom stereocenters. The Morgan fingerprint density at radius 1 is 1.42 bits per heavy atom. The predicted octanol–water partition coefficient (Wildman–Crippen LogP) is 1.12. The van der Waals surface area contributed by atoms with Gasteiger partial charge in [0.2, 0.25) is 0 Å². The van der Waals surface area contributed by atoms with Gasteiger partial charge in [-0.1, -0.05) is 18.5 Å². The fourth-order valence-electron chi connectivity index (χ4n) is 2.21. The maximum absolute atomic E-state index is 6.36. The van der Waals surface area contributed by atoms with Crippen molar-refractivity contribution in [2.24, 2.45) is 19.9 Å². The molecule has 2 heterocycles. The van der Waals surface area contributed by atoms with Gasteiger partial charge in [0.1, 0.15) is 0 Å². The van der Waals surface area contributed by atoms with E-state index < -0.39 is 0 Å². The number of nitrogens with two attached hydrogens (primary N) is 1. The zero-order valence-corrected chi connectivity index (χ0v) is 12.1. The second-order valence-corrected chi connectivity index (χ2v) is 4.87. The van der Waals surface area contributed by atoms with Crippen LogP contribution in [0.2, 0.25) is 5.02 Å². The van der Waals surface area contributed by atoms with E-state index in [1.807, 2.05) is 31.8 Å². The lowest BCUT2D eigenvalue weighted by Gasteiger charge is -2.16. The van der Waals surface area contributed by atoms with Gasteiger partial charge in [-0.2, -0.15) is 10.2 Å². The molecule has 0 aliphatic rings. The van der Waals surface area contributed by atoms with Crippen molar-refractivity contribution < 1.29 is 0 Å². The van der Waals surface area contributed by atoms with Crippen LogP contribution in [0.3, 0.4) is 0 Å². The van der Waals surface area contributed by atoms with E-state index in [1.54, 1.807) is 10.9 Å². The molecule has 6 nitrogen and oxygen atoms in total. The Morgan fingerprint density at radius 3 is 2.63 bits per heavy atom. The first-order chi connectivity index (χ1) is 9.08. The molecule has 1 atom stereocenters. The molecule has 0 amide bonds. The van der Waals surface area contributed by atoms with Crippen LogP contribution < -0.4 is 11.3 Å². The van der Waals surface area contributed by atoms with Gasteiger partial charge < -0.3 is 0 Å². The third-order valence-corrected chi connectivity index (χ3v) is 3.75. The smallest absolute Gasteiger partial charge is 0.0850 e. The summed E-state index contributed by atoms with van der Waals surface area (Å²) in [6.07, 6.45) is 3.24. The summed E-state index contributed by atoms with van der Waals surface area (Å²) < 4.78 is 3.62. The first-order valence-corrected chi connectivity index (χ1v) is 6.60. The quantitative estimate of drug-likeness (QED) is 0.637. The van der Waals surface area contributed by atoms with E-state index in [-0.39, 0.29) is 6.04 Å². The molecule has 0 spiro atoms. The minimum atomic E-state index is -0.0508. The van der Waals surface area contributed by atoms with Gasteiger partial charge in [0, 0.05) is 26.7 Å². The van der Waals surface area contributed by atoms with E-state index >= 15 is 0 Å². The van der Waals surface area contributed by atoms with Crippen molar-refractivity contribution in [3.63, 3.8) is 0 Å². The molecule has 0 fully saturated rings. The van der Waals surface area contributed by atoms with Crippen LogP contribution in [0.5, 0.6) is 0 Å². The van der Waals surface area contributed by atoms with Crippen LogP contribution >= 0.6 is 11.6 Å². The van der Waals surface area contributed by atoms with E-state index in [2.05, 4.69) is 15.6 Å². The summed E-state index contributed by atoms with van der Waals surface area (Å²) in [6, 6.07) is 1.89. The Kier molecular flexibility index (Phi) is 4.24. The predicted molar refractivity (Wildman–Crippen MR) is 74.6 cm³/mol. The molecule has 3 N–H and O–H groups in total. The van der Waals surface area contributed by atoms with Gasteiger partial charge in [0.15, 0.2) is 0 Å². The van der Waals surface area contributed by atoms with Crippen molar-refractivity contribution in [2.75, 3.05) is 0 Å². The Morgan fingerprint density at radius 2 is 2.16 bits per heavy atom. The van der Waals surface area contributed by atoms with Crippen LogP contribution in [-0.4, -0.2) is 19.6 Å². The molecule has 2 rings (SSSR count). The molecule has 0 aliphatic carbocycles. The van der Waals surface area contributed by atoms with Crippen LogP contribution in [0.15, 0.2) is 12.3 Å². The molecule has 2 aromatic heterocycles. The highest BCUT2D eigenvalue weighted by Gasteiger charge is 2.20. The molecular weight excluding hydrogens is 264 g/mol. The standard InChI is InChI=1S/C12H19ClN6/c1-4-8-12(13)11(19(3)17-8)7-9(16-14)10-5-6-15-18(10)2/h5-6,9,16H,4,7,14H2,1-3H3. The van der Waals surface area contributed by atoms with E-state index in [1.165, 1.54) is 0 Å². The Labute approximate surface area is 117 Å². The molecule has 19 heavy (non-hydrogen) atoms. The molecule has 0 saturated heterocycles. The molecule has 0 bridgehead atoms. The van der Waals surface area contributed by atoms with Gasteiger partial charge in [-0.25, -0.2) is 0 Å². The van der Waals surface area contributed by atoms with E-state index in [4.69, 9.17) is 17.4 Å². The number of hydrogen-bond donors (Lipinski definition) is 2. The molecule has 0 radical (unpaired) electrons. The van der Waals surface area contributed by atoms with Crippen molar-refractivity contribution >= 4 is 11.6 Å². The van der Waals surface area contributed by atoms with Crippen molar-refractivity contribution in [3.05, 3.63) is 34.4 Å². The zero-order chi connectivity index (χ0) is 14.0. The molecule has 2 aromatic rings. The van der Waals surface area contributed by atoms with Gasteiger partial charge in [-0.15, -0.1) is 0 Å². The van der Waals surface area contributed by atoms with Crippen LogP contribution in [0, 0.1) is 0 Å². The summed E-state index contributed by atoms with van der Waals surface area (Å²) in [5, 5.41) is 9.30. The summed E-state index contributed by atoms with van der Waals surface area (Å²) in [7, 11) is 3.79. The third kappa shape index (κ3) is 2.65. The normalized spacial score (nSPS) is 12.9. The molecule has 0 aromatic carbocycles. The zero-order valence-electron chi connectivity index (χ0n) is 11.4. The summed E-state index contributed by atoms with van der Waals surface area (Å²) >= 11 is 6.36. The lowest BCUT2D eigenvalue weighted by atomic mass is 10.1. The average molecular weight is 283 g/mol. The van der Waals surface area contributed by atoms with Crippen LogP contribution in [0.4, 0.5) is 0 Å².